The Morgan fingerprint density at radius 3 is 2.64 bits per heavy atom. The Morgan fingerprint density at radius 1 is 1.21 bits per heavy atom. The summed E-state index contributed by atoms with van der Waals surface area (Å²) in [7, 11) is 0. The molecule has 1 rings (SSSR count). The number of aliphatic hydroxyl groups excluding tert-OH is 1. The average Bonchev–Trinajstić information content (AvgIpc) is 2.21. The molecule has 0 saturated carbocycles. The highest BCUT2D eigenvalue weighted by Crippen LogP contribution is 2.09. The molecule has 1 aliphatic rings. The number of nitrogens with one attached hydrogen (secondary N) is 1. The lowest BCUT2D eigenvalue weighted by atomic mass is 10.0. The topological polar surface area (TPSA) is 75.3 Å². The molecule has 82 valence electrons. The van der Waals surface area contributed by atoms with Gasteiger partial charge in [-0.3, -0.25) is 4.79 Å². The van der Waals surface area contributed by atoms with E-state index in [-0.39, 0.29) is 5.91 Å². The lowest BCUT2D eigenvalue weighted by molar-refractivity contribution is -0.130. The maximum atomic E-state index is 11.3. The van der Waals surface area contributed by atoms with Crippen LogP contribution in [-0.4, -0.2) is 29.7 Å². The summed E-state index contributed by atoms with van der Waals surface area (Å²) in [6.45, 7) is 0.655. The molecule has 0 aromatic carbocycles. The van der Waals surface area contributed by atoms with Crippen molar-refractivity contribution in [2.24, 2.45) is 5.73 Å². The minimum atomic E-state index is -1.03. The zero-order chi connectivity index (χ0) is 10.4. The molecule has 1 amide bonds. The van der Waals surface area contributed by atoms with Crippen LogP contribution in [0.1, 0.15) is 38.5 Å². The standard InChI is InChI=1S/C10H20N2O2/c11-8-6-4-2-1-3-5-7-12-10(14)9(8)13/h8-9,13H,1-7,11H2,(H,12,14)/t8-,9?/m0/s1. The van der Waals surface area contributed by atoms with Crippen LogP contribution in [0.5, 0.6) is 0 Å². The molecule has 1 unspecified atom stereocenters. The second-order valence-corrected chi connectivity index (χ2v) is 3.96. The number of carbonyl (C=O) groups excluding carboxylic acids is 1. The molecule has 1 aliphatic heterocycles. The number of rotatable bonds is 0. The molecule has 4 N–H and O–H groups in total. The minimum Gasteiger partial charge on any atom is -0.382 e. The van der Waals surface area contributed by atoms with E-state index in [1.165, 1.54) is 6.42 Å². The van der Waals surface area contributed by atoms with Gasteiger partial charge in [0.05, 0.1) is 0 Å². The quantitative estimate of drug-likeness (QED) is 0.521. The highest BCUT2D eigenvalue weighted by molar-refractivity contribution is 5.81. The van der Waals surface area contributed by atoms with Crippen molar-refractivity contribution < 1.29 is 9.90 Å². The fraction of sp³-hybridized carbons (Fsp3) is 0.900. The number of aliphatic hydroxyl groups is 1. The fourth-order valence-electron chi connectivity index (χ4n) is 1.70. The minimum absolute atomic E-state index is 0.320. The SMILES string of the molecule is N[C@H]1CCCCCCCNC(=O)C1O. The molecule has 4 nitrogen and oxygen atoms in total. The van der Waals surface area contributed by atoms with E-state index in [0.29, 0.717) is 6.54 Å². The van der Waals surface area contributed by atoms with Crippen LogP contribution in [0.4, 0.5) is 0 Å². The first kappa shape index (κ1) is 11.5. The predicted octanol–water partition coefficient (Wildman–Crippen LogP) is 0.145. The molecule has 1 saturated heterocycles. The van der Waals surface area contributed by atoms with Gasteiger partial charge in [-0.25, -0.2) is 0 Å². The monoisotopic (exact) mass is 200 g/mol. The van der Waals surface area contributed by atoms with Gasteiger partial charge >= 0.3 is 0 Å². The van der Waals surface area contributed by atoms with Crippen molar-refractivity contribution in [1.29, 1.82) is 0 Å². The number of carbonyl (C=O) groups is 1. The van der Waals surface area contributed by atoms with Crippen LogP contribution in [0.15, 0.2) is 0 Å². The predicted molar refractivity (Wildman–Crippen MR) is 54.7 cm³/mol. The van der Waals surface area contributed by atoms with Crippen LogP contribution in [0, 0.1) is 0 Å². The van der Waals surface area contributed by atoms with Crippen molar-refractivity contribution in [2.45, 2.75) is 50.7 Å². The summed E-state index contributed by atoms with van der Waals surface area (Å²) in [6, 6.07) is -0.409. The molecule has 1 heterocycles. The Balaban J connectivity index is 2.44. The van der Waals surface area contributed by atoms with Crippen molar-refractivity contribution in [1.82, 2.24) is 5.32 Å². The van der Waals surface area contributed by atoms with E-state index in [4.69, 9.17) is 5.73 Å². The van der Waals surface area contributed by atoms with Gasteiger partial charge in [0.15, 0.2) is 0 Å². The first-order valence-corrected chi connectivity index (χ1v) is 5.43. The summed E-state index contributed by atoms with van der Waals surface area (Å²) in [4.78, 5) is 11.3. The Morgan fingerprint density at radius 2 is 1.86 bits per heavy atom. The van der Waals surface area contributed by atoms with Crippen molar-refractivity contribution in [3.05, 3.63) is 0 Å². The first-order valence-electron chi connectivity index (χ1n) is 5.43. The Bertz CT molecular complexity index is 185. The van der Waals surface area contributed by atoms with E-state index >= 15 is 0 Å². The fourth-order valence-corrected chi connectivity index (χ4v) is 1.70. The van der Waals surface area contributed by atoms with Crippen molar-refractivity contribution in [2.75, 3.05) is 6.54 Å². The lowest BCUT2D eigenvalue weighted by Gasteiger charge is -2.17. The van der Waals surface area contributed by atoms with Gasteiger partial charge in [-0.05, 0) is 12.8 Å². The number of nitrogens with two attached hydrogens (primary N) is 1. The van der Waals surface area contributed by atoms with Gasteiger partial charge in [0, 0.05) is 12.6 Å². The van der Waals surface area contributed by atoms with Crippen molar-refractivity contribution in [3.8, 4) is 0 Å². The maximum Gasteiger partial charge on any atom is 0.250 e. The third kappa shape index (κ3) is 3.64. The molecule has 14 heavy (non-hydrogen) atoms. The molecule has 4 heteroatoms. The van der Waals surface area contributed by atoms with E-state index in [1.54, 1.807) is 0 Å². The average molecular weight is 200 g/mol. The van der Waals surface area contributed by atoms with Gasteiger partial charge in [-0.2, -0.15) is 0 Å². The van der Waals surface area contributed by atoms with Crippen LogP contribution in [-0.2, 0) is 4.79 Å². The third-order valence-corrected chi connectivity index (χ3v) is 2.69. The summed E-state index contributed by atoms with van der Waals surface area (Å²) >= 11 is 0. The Labute approximate surface area is 84.9 Å². The zero-order valence-electron chi connectivity index (χ0n) is 8.54. The second-order valence-electron chi connectivity index (χ2n) is 3.96. The molecule has 0 radical (unpaired) electrons. The third-order valence-electron chi connectivity index (χ3n) is 2.69. The van der Waals surface area contributed by atoms with Crippen molar-refractivity contribution >= 4 is 5.91 Å². The van der Waals surface area contributed by atoms with Crippen LogP contribution >= 0.6 is 0 Å². The van der Waals surface area contributed by atoms with Gasteiger partial charge in [0.25, 0.3) is 0 Å². The van der Waals surface area contributed by atoms with E-state index in [1.807, 2.05) is 0 Å². The van der Waals surface area contributed by atoms with E-state index < -0.39 is 12.1 Å². The zero-order valence-corrected chi connectivity index (χ0v) is 8.54. The smallest absolute Gasteiger partial charge is 0.250 e. The molecular formula is C10H20N2O2. The summed E-state index contributed by atoms with van der Waals surface area (Å²) in [5.41, 5.74) is 5.70. The van der Waals surface area contributed by atoms with Crippen LogP contribution in [0.3, 0.4) is 0 Å². The summed E-state index contributed by atoms with van der Waals surface area (Å²) in [6.07, 6.45) is 5.18. The summed E-state index contributed by atoms with van der Waals surface area (Å²) in [5, 5.41) is 12.2. The van der Waals surface area contributed by atoms with Crippen LogP contribution < -0.4 is 11.1 Å². The van der Waals surface area contributed by atoms with Crippen LogP contribution in [0.2, 0.25) is 0 Å². The number of hydrogen-bond acceptors (Lipinski definition) is 3. The normalized spacial score (nSPS) is 31.7. The Kier molecular flexibility index (Phi) is 4.90. The highest BCUT2D eigenvalue weighted by atomic mass is 16.3. The molecule has 0 aromatic rings. The molecule has 0 spiro atoms. The largest absolute Gasteiger partial charge is 0.382 e. The maximum absolute atomic E-state index is 11.3. The van der Waals surface area contributed by atoms with Crippen molar-refractivity contribution in [3.63, 3.8) is 0 Å². The van der Waals surface area contributed by atoms with Gasteiger partial charge in [-0.15, -0.1) is 0 Å². The molecular weight excluding hydrogens is 180 g/mol. The molecule has 0 aromatic heterocycles. The lowest BCUT2D eigenvalue weighted by Crippen LogP contribution is -2.46. The first-order chi connectivity index (χ1) is 6.72. The number of hydrogen-bond donors (Lipinski definition) is 3. The van der Waals surface area contributed by atoms with E-state index in [9.17, 15) is 9.90 Å². The van der Waals surface area contributed by atoms with E-state index in [0.717, 1.165) is 32.1 Å². The number of amides is 1. The second kappa shape index (κ2) is 5.98. The molecule has 2 atom stereocenters. The van der Waals surface area contributed by atoms with Gasteiger partial charge in [-0.1, -0.05) is 25.7 Å². The van der Waals surface area contributed by atoms with E-state index in [2.05, 4.69) is 5.32 Å². The molecule has 1 fully saturated rings. The van der Waals surface area contributed by atoms with Gasteiger partial charge in [0.2, 0.25) is 5.91 Å². The van der Waals surface area contributed by atoms with Gasteiger partial charge < -0.3 is 16.2 Å². The molecule has 0 aliphatic carbocycles. The highest BCUT2D eigenvalue weighted by Gasteiger charge is 2.22. The van der Waals surface area contributed by atoms with Gasteiger partial charge in [0.1, 0.15) is 6.10 Å². The molecule has 0 bridgehead atoms. The summed E-state index contributed by atoms with van der Waals surface area (Å²) < 4.78 is 0. The van der Waals surface area contributed by atoms with Crippen LogP contribution in [0.25, 0.3) is 0 Å². The Hall–Kier alpha value is -0.610. The summed E-state index contributed by atoms with van der Waals surface area (Å²) in [5.74, 6) is -0.320.